The summed E-state index contributed by atoms with van der Waals surface area (Å²) in [4.78, 5) is 14.2. The molecule has 0 fully saturated rings. The number of anilines is 2. The Morgan fingerprint density at radius 1 is 1.24 bits per heavy atom. The molecule has 21 heavy (non-hydrogen) atoms. The molecule has 1 amide bonds. The van der Waals surface area contributed by atoms with Crippen LogP contribution in [0.5, 0.6) is 5.75 Å². The average molecular weight is 282 g/mol. The van der Waals surface area contributed by atoms with Crippen molar-refractivity contribution in [2.24, 2.45) is 0 Å². The Bertz CT molecular complexity index is 697. The summed E-state index contributed by atoms with van der Waals surface area (Å²) in [7, 11) is 0. The molecule has 0 saturated carbocycles. The summed E-state index contributed by atoms with van der Waals surface area (Å²) in [5, 5.41) is 0. The Labute approximate surface area is 124 Å². The third kappa shape index (κ3) is 2.44. The highest BCUT2D eigenvalue weighted by atomic mass is 16.5. The number of hydrogen-bond acceptors (Lipinski definition) is 3. The highest BCUT2D eigenvalue weighted by Gasteiger charge is 2.31. The molecular formula is C17H18N2O2. The fourth-order valence-corrected chi connectivity index (χ4v) is 2.54. The summed E-state index contributed by atoms with van der Waals surface area (Å²) in [5.41, 5.74) is 9.49. The standard InChI is InChI=1S/C17H18N2O2/c1-11-5-3-4-6-13(11)10-19-15-9-14(18)7-8-16(15)21-12(2)17(19)20/h3-9,12H,10,18H2,1-2H3. The number of amides is 1. The molecular weight excluding hydrogens is 264 g/mol. The van der Waals surface area contributed by atoms with Gasteiger partial charge in [0.25, 0.3) is 5.91 Å². The van der Waals surface area contributed by atoms with Crippen LogP contribution in [-0.4, -0.2) is 12.0 Å². The molecule has 0 spiro atoms. The summed E-state index contributed by atoms with van der Waals surface area (Å²) in [5.74, 6) is 0.654. The van der Waals surface area contributed by atoms with Gasteiger partial charge in [0.2, 0.25) is 0 Å². The molecule has 4 nitrogen and oxygen atoms in total. The topological polar surface area (TPSA) is 55.6 Å². The van der Waals surface area contributed by atoms with E-state index >= 15 is 0 Å². The second-order valence-electron chi connectivity index (χ2n) is 5.34. The Morgan fingerprint density at radius 2 is 2.00 bits per heavy atom. The van der Waals surface area contributed by atoms with Gasteiger partial charge in [-0.25, -0.2) is 0 Å². The fraction of sp³-hybridized carbons (Fsp3) is 0.235. The van der Waals surface area contributed by atoms with Crippen LogP contribution in [0, 0.1) is 6.92 Å². The molecule has 1 atom stereocenters. The lowest BCUT2D eigenvalue weighted by Crippen LogP contribution is -2.44. The van der Waals surface area contributed by atoms with Crippen LogP contribution in [0.15, 0.2) is 42.5 Å². The molecule has 2 N–H and O–H groups in total. The molecule has 0 aromatic heterocycles. The molecule has 0 saturated heterocycles. The van der Waals surface area contributed by atoms with Crippen LogP contribution in [0.1, 0.15) is 18.1 Å². The minimum Gasteiger partial charge on any atom is -0.479 e. The maximum Gasteiger partial charge on any atom is 0.268 e. The van der Waals surface area contributed by atoms with Gasteiger partial charge in [-0.1, -0.05) is 24.3 Å². The van der Waals surface area contributed by atoms with E-state index in [0.717, 1.165) is 16.8 Å². The molecule has 0 bridgehead atoms. The molecule has 2 aromatic carbocycles. The van der Waals surface area contributed by atoms with Crippen LogP contribution in [-0.2, 0) is 11.3 Å². The van der Waals surface area contributed by atoms with Gasteiger partial charge in [-0.15, -0.1) is 0 Å². The first-order valence-electron chi connectivity index (χ1n) is 6.98. The number of rotatable bonds is 2. The quantitative estimate of drug-likeness (QED) is 0.862. The van der Waals surface area contributed by atoms with Crippen LogP contribution >= 0.6 is 0 Å². The zero-order valence-electron chi connectivity index (χ0n) is 12.2. The lowest BCUT2D eigenvalue weighted by molar-refractivity contribution is -0.125. The first kappa shape index (κ1) is 13.5. The Morgan fingerprint density at radius 3 is 2.76 bits per heavy atom. The zero-order chi connectivity index (χ0) is 15.0. The number of aryl methyl sites for hydroxylation is 1. The van der Waals surface area contributed by atoms with E-state index < -0.39 is 6.10 Å². The third-order valence-corrected chi connectivity index (χ3v) is 3.78. The molecule has 2 aromatic rings. The van der Waals surface area contributed by atoms with Crippen molar-refractivity contribution in [2.75, 3.05) is 10.6 Å². The van der Waals surface area contributed by atoms with E-state index in [4.69, 9.17) is 10.5 Å². The average Bonchev–Trinajstić information content (AvgIpc) is 2.46. The number of ether oxygens (including phenoxy) is 1. The number of carbonyl (C=O) groups is 1. The Kier molecular flexibility index (Phi) is 3.29. The van der Waals surface area contributed by atoms with Gasteiger partial charge in [-0.2, -0.15) is 0 Å². The van der Waals surface area contributed by atoms with Crippen LogP contribution < -0.4 is 15.4 Å². The summed E-state index contributed by atoms with van der Waals surface area (Å²) >= 11 is 0. The van der Waals surface area contributed by atoms with Crippen LogP contribution in [0.2, 0.25) is 0 Å². The van der Waals surface area contributed by atoms with E-state index in [1.807, 2.05) is 37.3 Å². The molecule has 3 rings (SSSR count). The molecule has 1 aliphatic rings. The highest BCUT2D eigenvalue weighted by Crippen LogP contribution is 2.36. The third-order valence-electron chi connectivity index (χ3n) is 3.78. The van der Waals surface area contributed by atoms with E-state index in [0.29, 0.717) is 18.0 Å². The number of carbonyl (C=O) groups excluding carboxylic acids is 1. The smallest absolute Gasteiger partial charge is 0.268 e. The fourth-order valence-electron chi connectivity index (χ4n) is 2.54. The van der Waals surface area contributed by atoms with Crippen molar-refractivity contribution in [1.29, 1.82) is 0 Å². The molecule has 0 radical (unpaired) electrons. The molecule has 108 valence electrons. The van der Waals surface area contributed by atoms with E-state index in [-0.39, 0.29) is 5.91 Å². The van der Waals surface area contributed by atoms with Crippen LogP contribution in [0.4, 0.5) is 11.4 Å². The first-order valence-corrected chi connectivity index (χ1v) is 6.98. The zero-order valence-corrected chi connectivity index (χ0v) is 12.2. The number of nitrogens with zero attached hydrogens (tertiary/aromatic N) is 1. The highest BCUT2D eigenvalue weighted by molar-refractivity contribution is 6.00. The molecule has 1 heterocycles. The number of nitrogens with two attached hydrogens (primary N) is 1. The predicted octanol–water partition coefficient (Wildman–Crippen LogP) is 2.89. The van der Waals surface area contributed by atoms with E-state index in [1.54, 1.807) is 24.0 Å². The van der Waals surface area contributed by atoms with Crippen LogP contribution in [0.3, 0.4) is 0 Å². The van der Waals surface area contributed by atoms with Gasteiger partial charge in [-0.05, 0) is 43.2 Å². The van der Waals surface area contributed by atoms with Crippen molar-refractivity contribution in [1.82, 2.24) is 0 Å². The second kappa shape index (κ2) is 5.13. The number of hydrogen-bond donors (Lipinski definition) is 1. The van der Waals surface area contributed by atoms with Crippen molar-refractivity contribution in [3.63, 3.8) is 0 Å². The van der Waals surface area contributed by atoms with Gasteiger partial charge in [0.15, 0.2) is 6.10 Å². The predicted molar refractivity (Wildman–Crippen MR) is 83.3 cm³/mol. The maximum absolute atomic E-state index is 12.5. The minimum absolute atomic E-state index is 0.0450. The second-order valence-corrected chi connectivity index (χ2v) is 5.34. The monoisotopic (exact) mass is 282 g/mol. The van der Waals surface area contributed by atoms with Gasteiger partial charge < -0.3 is 15.4 Å². The Hall–Kier alpha value is -2.49. The van der Waals surface area contributed by atoms with Crippen molar-refractivity contribution in [2.45, 2.75) is 26.5 Å². The largest absolute Gasteiger partial charge is 0.479 e. The van der Waals surface area contributed by atoms with E-state index in [1.165, 1.54) is 0 Å². The van der Waals surface area contributed by atoms with Gasteiger partial charge in [0.1, 0.15) is 5.75 Å². The molecule has 1 unspecified atom stereocenters. The minimum atomic E-state index is -0.481. The van der Waals surface area contributed by atoms with Crippen molar-refractivity contribution in [3.05, 3.63) is 53.6 Å². The lowest BCUT2D eigenvalue weighted by atomic mass is 10.1. The van der Waals surface area contributed by atoms with Gasteiger partial charge in [0, 0.05) is 5.69 Å². The maximum atomic E-state index is 12.5. The van der Waals surface area contributed by atoms with Crippen LogP contribution in [0.25, 0.3) is 0 Å². The Balaban J connectivity index is 2.03. The number of fused-ring (bicyclic) bond motifs is 1. The number of nitrogen functional groups attached to an aromatic ring is 1. The van der Waals surface area contributed by atoms with Gasteiger partial charge in [-0.3, -0.25) is 4.79 Å². The normalized spacial score (nSPS) is 17.3. The van der Waals surface area contributed by atoms with Crippen molar-refractivity contribution in [3.8, 4) is 5.75 Å². The van der Waals surface area contributed by atoms with Crippen molar-refractivity contribution < 1.29 is 9.53 Å². The van der Waals surface area contributed by atoms with Crippen molar-refractivity contribution >= 4 is 17.3 Å². The summed E-state index contributed by atoms with van der Waals surface area (Å²) in [6.07, 6.45) is -0.481. The van der Waals surface area contributed by atoms with E-state index in [2.05, 4.69) is 0 Å². The SMILES string of the molecule is Cc1ccccc1CN1C(=O)C(C)Oc2ccc(N)cc21. The van der Waals surface area contributed by atoms with E-state index in [9.17, 15) is 4.79 Å². The molecule has 1 aliphatic heterocycles. The molecule has 0 aliphatic carbocycles. The molecule has 4 heteroatoms. The van der Waals surface area contributed by atoms with Gasteiger partial charge >= 0.3 is 0 Å². The summed E-state index contributed by atoms with van der Waals surface area (Å²) in [6, 6.07) is 13.5. The first-order chi connectivity index (χ1) is 10.1. The van der Waals surface area contributed by atoms with Gasteiger partial charge in [0.05, 0.1) is 12.2 Å². The number of benzene rings is 2. The summed E-state index contributed by atoms with van der Waals surface area (Å²) < 4.78 is 5.65. The lowest BCUT2D eigenvalue weighted by Gasteiger charge is -2.33. The summed E-state index contributed by atoms with van der Waals surface area (Å²) in [6.45, 7) is 4.34.